The minimum absolute atomic E-state index is 0.0584. The van der Waals surface area contributed by atoms with E-state index in [-0.39, 0.29) is 16.5 Å². The molecule has 1 amide bonds. The predicted octanol–water partition coefficient (Wildman–Crippen LogP) is 2.35. The second kappa shape index (κ2) is 6.54. The Labute approximate surface area is 116 Å². The van der Waals surface area contributed by atoms with Crippen LogP contribution in [-0.4, -0.2) is 23.0 Å². The maximum absolute atomic E-state index is 11.8. The molecule has 0 spiro atoms. The van der Waals surface area contributed by atoms with E-state index in [0.29, 0.717) is 18.0 Å². The molecule has 1 rings (SSSR count). The summed E-state index contributed by atoms with van der Waals surface area (Å²) in [6, 6.07) is 3.65. The van der Waals surface area contributed by atoms with E-state index in [9.17, 15) is 9.59 Å². The maximum Gasteiger partial charge on any atom is 0.337 e. The molecule has 19 heavy (non-hydrogen) atoms. The molecular formula is C13H17ClN2O3. The average molecular weight is 285 g/mol. The summed E-state index contributed by atoms with van der Waals surface area (Å²) in [6.07, 6.45) is 0.561. The summed E-state index contributed by atoms with van der Waals surface area (Å²) >= 11 is 5.74. The number of nitrogens with one attached hydrogen (secondary N) is 1. The van der Waals surface area contributed by atoms with Crippen LogP contribution in [0.5, 0.6) is 0 Å². The monoisotopic (exact) mass is 284 g/mol. The Morgan fingerprint density at radius 1 is 1.42 bits per heavy atom. The largest absolute Gasteiger partial charge is 0.478 e. The third-order valence-corrected chi connectivity index (χ3v) is 2.86. The number of rotatable bonds is 5. The number of amides is 1. The minimum Gasteiger partial charge on any atom is -0.478 e. The Morgan fingerprint density at radius 3 is 2.58 bits per heavy atom. The van der Waals surface area contributed by atoms with Crippen molar-refractivity contribution in [2.75, 3.05) is 5.32 Å². The first-order chi connectivity index (χ1) is 8.81. The fraction of sp³-hybridized carbons (Fsp3) is 0.385. The first-order valence-electron chi connectivity index (χ1n) is 5.90. The lowest BCUT2D eigenvalue weighted by molar-refractivity contribution is -0.117. The first kappa shape index (κ1) is 15.5. The smallest absolute Gasteiger partial charge is 0.337 e. The highest BCUT2D eigenvalue weighted by atomic mass is 35.5. The van der Waals surface area contributed by atoms with E-state index in [0.717, 1.165) is 0 Å². The van der Waals surface area contributed by atoms with Gasteiger partial charge in [-0.15, -0.1) is 0 Å². The van der Waals surface area contributed by atoms with E-state index in [1.54, 1.807) is 0 Å². The van der Waals surface area contributed by atoms with Gasteiger partial charge in [0.05, 0.1) is 16.6 Å². The van der Waals surface area contributed by atoms with Gasteiger partial charge in [-0.25, -0.2) is 4.79 Å². The lowest BCUT2D eigenvalue weighted by atomic mass is 10.0. The van der Waals surface area contributed by atoms with Gasteiger partial charge in [-0.3, -0.25) is 4.79 Å². The Hall–Kier alpha value is -1.59. The zero-order valence-corrected chi connectivity index (χ0v) is 11.6. The van der Waals surface area contributed by atoms with Crippen molar-refractivity contribution in [3.8, 4) is 0 Å². The van der Waals surface area contributed by atoms with E-state index in [2.05, 4.69) is 5.32 Å². The van der Waals surface area contributed by atoms with Gasteiger partial charge >= 0.3 is 5.97 Å². The zero-order valence-electron chi connectivity index (χ0n) is 10.8. The molecular weight excluding hydrogens is 268 g/mol. The number of hydrogen-bond acceptors (Lipinski definition) is 3. The summed E-state index contributed by atoms with van der Waals surface area (Å²) < 4.78 is 0. The molecule has 0 radical (unpaired) electrons. The first-order valence-corrected chi connectivity index (χ1v) is 6.28. The van der Waals surface area contributed by atoms with Crippen molar-refractivity contribution < 1.29 is 14.7 Å². The van der Waals surface area contributed by atoms with Gasteiger partial charge in [0, 0.05) is 5.69 Å². The van der Waals surface area contributed by atoms with Crippen LogP contribution in [0.2, 0.25) is 5.02 Å². The van der Waals surface area contributed by atoms with Crippen molar-refractivity contribution in [3.63, 3.8) is 0 Å². The number of halogens is 1. The molecule has 0 heterocycles. The SMILES string of the molecule is CC(C)C[C@@H](N)C(=O)Nc1ccc(Cl)c(C(=O)O)c1. The van der Waals surface area contributed by atoms with Gasteiger partial charge in [0.2, 0.25) is 5.91 Å². The van der Waals surface area contributed by atoms with Crippen LogP contribution in [-0.2, 0) is 4.79 Å². The molecule has 1 aromatic rings. The number of carboxylic acids is 1. The van der Waals surface area contributed by atoms with Gasteiger partial charge in [-0.05, 0) is 30.5 Å². The normalized spacial score (nSPS) is 12.3. The molecule has 0 aromatic heterocycles. The highest BCUT2D eigenvalue weighted by Crippen LogP contribution is 2.20. The molecule has 0 bridgehead atoms. The van der Waals surface area contributed by atoms with Crippen LogP contribution in [0.15, 0.2) is 18.2 Å². The summed E-state index contributed by atoms with van der Waals surface area (Å²) in [5.41, 5.74) is 6.05. The van der Waals surface area contributed by atoms with Crippen molar-refractivity contribution in [2.45, 2.75) is 26.3 Å². The molecule has 0 unspecified atom stereocenters. The van der Waals surface area contributed by atoms with E-state index in [1.165, 1.54) is 18.2 Å². The van der Waals surface area contributed by atoms with Crippen LogP contribution >= 0.6 is 11.6 Å². The van der Waals surface area contributed by atoms with Gasteiger partial charge in [0.25, 0.3) is 0 Å². The Morgan fingerprint density at radius 2 is 2.05 bits per heavy atom. The topological polar surface area (TPSA) is 92.4 Å². The van der Waals surface area contributed by atoms with E-state index in [4.69, 9.17) is 22.4 Å². The molecule has 0 aliphatic heterocycles. The number of benzene rings is 1. The molecule has 104 valence electrons. The molecule has 0 saturated heterocycles. The maximum atomic E-state index is 11.8. The summed E-state index contributed by atoms with van der Waals surface area (Å²) in [5.74, 6) is -1.18. The number of anilines is 1. The highest BCUT2D eigenvalue weighted by molar-refractivity contribution is 6.33. The molecule has 5 nitrogen and oxygen atoms in total. The van der Waals surface area contributed by atoms with Crippen LogP contribution in [0.4, 0.5) is 5.69 Å². The van der Waals surface area contributed by atoms with Crippen LogP contribution in [0.3, 0.4) is 0 Å². The molecule has 1 atom stereocenters. The number of nitrogens with two attached hydrogens (primary N) is 1. The zero-order chi connectivity index (χ0) is 14.6. The van der Waals surface area contributed by atoms with Gasteiger partial charge in [0.15, 0.2) is 0 Å². The fourth-order valence-corrected chi connectivity index (χ4v) is 1.82. The number of carbonyl (C=O) groups excluding carboxylic acids is 1. The van der Waals surface area contributed by atoms with Crippen LogP contribution in [0.1, 0.15) is 30.6 Å². The van der Waals surface area contributed by atoms with Crippen LogP contribution in [0, 0.1) is 5.92 Å². The third-order valence-electron chi connectivity index (χ3n) is 2.53. The minimum atomic E-state index is -1.15. The van der Waals surface area contributed by atoms with Crippen molar-refractivity contribution in [1.82, 2.24) is 0 Å². The number of carboxylic acid groups (broad SMARTS) is 1. The molecule has 0 aliphatic carbocycles. The quantitative estimate of drug-likeness (QED) is 0.774. The fourth-order valence-electron chi connectivity index (χ4n) is 1.62. The van der Waals surface area contributed by atoms with E-state index in [1.807, 2.05) is 13.8 Å². The Kier molecular flexibility index (Phi) is 5.32. The van der Waals surface area contributed by atoms with E-state index < -0.39 is 12.0 Å². The van der Waals surface area contributed by atoms with Crippen molar-refractivity contribution in [2.24, 2.45) is 11.7 Å². The second-order valence-corrected chi connectivity index (χ2v) is 5.13. The Balaban J connectivity index is 2.80. The van der Waals surface area contributed by atoms with Crippen molar-refractivity contribution in [1.29, 1.82) is 0 Å². The van der Waals surface area contributed by atoms with Gasteiger partial charge in [-0.1, -0.05) is 25.4 Å². The molecule has 6 heteroatoms. The molecule has 0 saturated carbocycles. The Bertz CT molecular complexity index is 489. The summed E-state index contributed by atoms with van der Waals surface area (Å²) in [6.45, 7) is 3.94. The standard InChI is InChI=1S/C13H17ClN2O3/c1-7(2)5-11(15)12(17)16-8-3-4-10(14)9(6-8)13(18)19/h3-4,6-7,11H,5,15H2,1-2H3,(H,16,17)(H,18,19)/t11-/m1/s1. The number of hydrogen-bond donors (Lipinski definition) is 3. The average Bonchev–Trinajstić information content (AvgIpc) is 2.30. The van der Waals surface area contributed by atoms with Gasteiger partial charge in [-0.2, -0.15) is 0 Å². The van der Waals surface area contributed by atoms with Crippen molar-refractivity contribution in [3.05, 3.63) is 28.8 Å². The molecule has 4 N–H and O–H groups in total. The van der Waals surface area contributed by atoms with Crippen LogP contribution in [0.25, 0.3) is 0 Å². The van der Waals surface area contributed by atoms with Gasteiger partial charge < -0.3 is 16.2 Å². The summed E-state index contributed by atoms with van der Waals surface area (Å²) in [7, 11) is 0. The predicted molar refractivity (Wildman–Crippen MR) is 74.5 cm³/mol. The lowest BCUT2D eigenvalue weighted by Crippen LogP contribution is -2.36. The number of aromatic carboxylic acids is 1. The molecule has 0 fully saturated rings. The summed E-state index contributed by atoms with van der Waals surface area (Å²) in [5, 5.41) is 11.6. The lowest BCUT2D eigenvalue weighted by Gasteiger charge is -2.14. The third kappa shape index (κ3) is 4.54. The second-order valence-electron chi connectivity index (χ2n) is 4.73. The van der Waals surface area contributed by atoms with Gasteiger partial charge in [0.1, 0.15) is 0 Å². The number of carbonyl (C=O) groups is 2. The van der Waals surface area contributed by atoms with E-state index >= 15 is 0 Å². The van der Waals surface area contributed by atoms with Crippen LogP contribution < -0.4 is 11.1 Å². The summed E-state index contributed by atoms with van der Waals surface area (Å²) in [4.78, 5) is 22.7. The molecule has 0 aliphatic rings. The highest BCUT2D eigenvalue weighted by Gasteiger charge is 2.16. The molecule has 1 aromatic carbocycles. The van der Waals surface area contributed by atoms with Crippen molar-refractivity contribution >= 4 is 29.2 Å².